The van der Waals surface area contributed by atoms with E-state index < -0.39 is 27.0 Å². The van der Waals surface area contributed by atoms with Gasteiger partial charge >= 0.3 is 5.69 Å². The third kappa shape index (κ3) is 10.9. The number of unbranched alkanes of at least 4 members (excludes halogenated alkanes) is 2. The van der Waals surface area contributed by atoms with Crippen LogP contribution >= 0.6 is 0 Å². The largest absolute Gasteiger partial charge is 0.494 e. The number of benzene rings is 3. The second-order valence-electron chi connectivity index (χ2n) is 16.9. The lowest BCUT2D eigenvalue weighted by Gasteiger charge is -2.23. The Kier molecular flexibility index (Phi) is 14.6. The molecular weight excluding hydrogens is 833 g/mol. The zero-order valence-corrected chi connectivity index (χ0v) is 37.8. The molecule has 3 aromatic carbocycles. The molecule has 0 saturated carbocycles. The Hall–Kier alpha value is -5.92. The van der Waals surface area contributed by atoms with Crippen molar-refractivity contribution in [2.24, 2.45) is 7.05 Å². The topological polar surface area (TPSA) is 159 Å². The van der Waals surface area contributed by atoms with E-state index in [4.69, 9.17) is 20.8 Å². The highest BCUT2D eigenvalue weighted by atomic mass is 32.2. The van der Waals surface area contributed by atoms with E-state index in [0.29, 0.717) is 54.9 Å². The summed E-state index contributed by atoms with van der Waals surface area (Å²) in [7, 11) is -0.0778. The zero-order valence-electron chi connectivity index (χ0n) is 37.0. The number of aliphatic hydroxyl groups is 1. The molecule has 1 aliphatic rings. The van der Waals surface area contributed by atoms with Crippen LogP contribution in [0.15, 0.2) is 94.9 Å². The van der Waals surface area contributed by atoms with Gasteiger partial charge in [0.2, 0.25) is 5.88 Å². The van der Waals surface area contributed by atoms with Crippen LogP contribution in [0.3, 0.4) is 0 Å². The third-order valence-corrected chi connectivity index (χ3v) is 13.9. The molecule has 14 nitrogen and oxygen atoms in total. The number of aryl methyl sites for hydroxylation is 2. The van der Waals surface area contributed by atoms with Crippen LogP contribution in [0, 0.1) is 13.5 Å². The van der Waals surface area contributed by atoms with Gasteiger partial charge in [0.15, 0.2) is 21.3 Å². The molecule has 1 atom stereocenters. The van der Waals surface area contributed by atoms with Crippen molar-refractivity contribution >= 4 is 43.2 Å². The fourth-order valence-corrected chi connectivity index (χ4v) is 9.82. The van der Waals surface area contributed by atoms with Gasteiger partial charge in [-0.3, -0.25) is 18.9 Å². The number of fused-ring (bicyclic) bond motifs is 3. The number of aromatic nitrogens is 4. The number of pyridine rings is 2. The molecule has 7 rings (SSSR count). The third-order valence-electron chi connectivity index (χ3n) is 11.9. The molecule has 0 aliphatic carbocycles. The number of nitrogens with zero attached hydrogens (tertiary/aromatic N) is 6. The molecule has 1 N–H and O–H groups in total. The van der Waals surface area contributed by atoms with Crippen molar-refractivity contribution < 1.29 is 32.5 Å². The Morgan fingerprint density at radius 1 is 0.938 bits per heavy atom. The van der Waals surface area contributed by atoms with Crippen LogP contribution in [0.25, 0.3) is 37.9 Å². The molecule has 0 bridgehead atoms. The number of hydrogen-bond donors (Lipinski definition) is 1. The van der Waals surface area contributed by atoms with Crippen molar-refractivity contribution in [2.45, 2.75) is 75.3 Å². The maximum absolute atomic E-state index is 13.4. The van der Waals surface area contributed by atoms with E-state index in [9.17, 15) is 23.1 Å². The predicted octanol–water partition coefficient (Wildman–Crippen LogP) is 7.45. The van der Waals surface area contributed by atoms with Crippen molar-refractivity contribution in [3.05, 3.63) is 118 Å². The number of imidazole rings is 1. The molecule has 6 aromatic rings. The van der Waals surface area contributed by atoms with Gasteiger partial charge < -0.3 is 24.2 Å². The molecule has 0 spiro atoms. The Balaban J connectivity index is 0.800. The van der Waals surface area contributed by atoms with Crippen molar-refractivity contribution in [3.63, 3.8) is 0 Å². The van der Waals surface area contributed by atoms with Gasteiger partial charge in [-0.1, -0.05) is 24.3 Å². The smallest absolute Gasteiger partial charge is 0.329 e. The molecule has 1 saturated heterocycles. The molecule has 4 heterocycles. The van der Waals surface area contributed by atoms with Gasteiger partial charge in [0.1, 0.15) is 11.4 Å². The first-order valence-corrected chi connectivity index (χ1v) is 23.4. The van der Waals surface area contributed by atoms with Crippen LogP contribution in [0.1, 0.15) is 62.6 Å². The van der Waals surface area contributed by atoms with Crippen LogP contribution in [0.5, 0.6) is 11.6 Å². The number of sulfone groups is 1. The van der Waals surface area contributed by atoms with Gasteiger partial charge in [0.25, 0.3) is 0 Å². The molecule has 1 fully saturated rings. The van der Waals surface area contributed by atoms with Crippen molar-refractivity contribution in [1.82, 2.24) is 24.0 Å². The quantitative estimate of drug-likeness (QED) is 0.0600. The minimum atomic E-state index is -3.97. The van der Waals surface area contributed by atoms with Crippen molar-refractivity contribution in [3.8, 4) is 22.8 Å². The average molecular weight is 889 g/mol. The van der Waals surface area contributed by atoms with Crippen LogP contribution in [0.4, 0.5) is 5.69 Å². The predicted molar refractivity (Wildman–Crippen MR) is 247 cm³/mol. The summed E-state index contributed by atoms with van der Waals surface area (Å²) in [5, 5.41) is 11.8. The minimum absolute atomic E-state index is 0.00184. The van der Waals surface area contributed by atoms with E-state index in [2.05, 4.69) is 32.8 Å². The molecule has 0 radical (unpaired) electrons. The molecule has 0 amide bonds. The lowest BCUT2D eigenvalue weighted by molar-refractivity contribution is -0.133. The summed E-state index contributed by atoms with van der Waals surface area (Å²) in [5.41, 5.74) is 4.16. The van der Waals surface area contributed by atoms with Gasteiger partial charge in [-0.25, -0.2) is 23.0 Å². The summed E-state index contributed by atoms with van der Waals surface area (Å²) in [6.45, 7) is 14.3. The summed E-state index contributed by atoms with van der Waals surface area (Å²) < 4.78 is 47.3. The Labute approximate surface area is 374 Å². The fraction of sp³-hybridized carbons (Fsp3) is 0.408. The van der Waals surface area contributed by atoms with E-state index in [1.54, 1.807) is 55.1 Å². The normalized spacial score (nSPS) is 14.5. The van der Waals surface area contributed by atoms with Gasteiger partial charge in [-0.2, -0.15) is 0 Å². The van der Waals surface area contributed by atoms with Crippen LogP contribution in [-0.2, 0) is 32.8 Å². The zero-order chi connectivity index (χ0) is 45.4. The van der Waals surface area contributed by atoms with Crippen LogP contribution in [-0.4, -0.2) is 101 Å². The highest BCUT2D eigenvalue weighted by Gasteiger charge is 2.36. The van der Waals surface area contributed by atoms with Crippen molar-refractivity contribution in [2.75, 3.05) is 52.3 Å². The Morgan fingerprint density at radius 3 is 2.39 bits per heavy atom. The summed E-state index contributed by atoms with van der Waals surface area (Å²) >= 11 is 0. The standard InChI is InChI=1S/C49H56N6O8S/c1-34-28-35(10-17-42(34)50-3)29-45(56)49(2,58)33-64(59,60)40-15-13-39(14-16-40)62-24-8-6-7-22-53(4)23-9-25-63-46-19-12-37(31-52-46)36-11-18-43-41(30-36)47-44(32-51-43)54(5)48(57)55(47)38-20-26-61-27-21-38/h10-19,28,30-32,38,58H,6-9,20-27,29,33H2,1-2,4-5H3/t49-/m0/s1. The minimum Gasteiger partial charge on any atom is -0.494 e. The van der Waals surface area contributed by atoms with E-state index in [1.165, 1.54) is 19.1 Å². The number of carbonyl (C=O) groups is 1. The van der Waals surface area contributed by atoms with E-state index in [1.807, 2.05) is 35.0 Å². The molecular formula is C49H56N6O8S. The summed E-state index contributed by atoms with van der Waals surface area (Å²) in [4.78, 5) is 41.3. The summed E-state index contributed by atoms with van der Waals surface area (Å²) in [6, 6.07) is 21.1. The van der Waals surface area contributed by atoms with Gasteiger partial charge in [-0.05, 0) is 125 Å². The van der Waals surface area contributed by atoms with E-state index in [0.717, 1.165) is 84.7 Å². The maximum atomic E-state index is 13.4. The molecule has 15 heteroatoms. The average Bonchev–Trinajstić information content (AvgIpc) is 3.55. The summed E-state index contributed by atoms with van der Waals surface area (Å²) in [5.74, 6) is -0.258. The van der Waals surface area contributed by atoms with Gasteiger partial charge in [0, 0.05) is 62.5 Å². The monoisotopic (exact) mass is 888 g/mol. The first-order chi connectivity index (χ1) is 30.7. The van der Waals surface area contributed by atoms with E-state index >= 15 is 0 Å². The second kappa shape index (κ2) is 20.3. The number of carbonyl (C=O) groups excluding carboxylic acids is 1. The highest BCUT2D eigenvalue weighted by Crippen LogP contribution is 2.32. The second-order valence-corrected chi connectivity index (χ2v) is 18.9. The number of rotatable bonds is 20. The summed E-state index contributed by atoms with van der Waals surface area (Å²) in [6.07, 6.45) is 8.71. The van der Waals surface area contributed by atoms with Crippen molar-refractivity contribution in [1.29, 1.82) is 0 Å². The lowest BCUT2D eigenvalue weighted by Crippen LogP contribution is -2.43. The van der Waals surface area contributed by atoms with Crippen LogP contribution < -0.4 is 15.2 Å². The maximum Gasteiger partial charge on any atom is 0.329 e. The number of Topliss-reactive ketones (excluding diaryl/α,β-unsaturated/α-hetero) is 1. The highest BCUT2D eigenvalue weighted by molar-refractivity contribution is 7.91. The Morgan fingerprint density at radius 2 is 1.67 bits per heavy atom. The molecule has 3 aromatic heterocycles. The van der Waals surface area contributed by atoms with E-state index in [-0.39, 0.29) is 23.0 Å². The lowest BCUT2D eigenvalue weighted by atomic mass is 9.96. The number of ketones is 1. The first kappa shape index (κ1) is 46.1. The molecule has 64 heavy (non-hydrogen) atoms. The fourth-order valence-electron chi connectivity index (χ4n) is 8.20. The molecule has 1 aliphatic heterocycles. The van der Waals surface area contributed by atoms with Gasteiger partial charge in [-0.15, -0.1) is 0 Å². The molecule has 0 unspecified atom stereocenters. The molecule has 336 valence electrons. The SMILES string of the molecule is [C-]#[N+]c1ccc(CC(=O)[C@@](C)(O)CS(=O)(=O)c2ccc(OCCCCCN(C)CCCOc3ccc(-c4ccc5ncc6c(c5c4)n(C4CCOCC4)c(=O)n6C)cn3)cc2)cc1C. The first-order valence-electron chi connectivity index (χ1n) is 21.8. The number of ether oxygens (including phenoxy) is 3. The number of hydrogen-bond acceptors (Lipinski definition) is 11. The Bertz CT molecular complexity index is 2810. The van der Waals surface area contributed by atoms with Crippen LogP contribution in [0.2, 0.25) is 0 Å². The van der Waals surface area contributed by atoms with Gasteiger partial charge in [0.05, 0.1) is 53.2 Å².